The smallest absolute Gasteiger partial charge is 0.406 e. The van der Waals surface area contributed by atoms with E-state index in [4.69, 9.17) is 23.2 Å². The largest absolute Gasteiger partial charge is 0.573 e. The van der Waals surface area contributed by atoms with Gasteiger partial charge in [-0.15, -0.1) is 13.2 Å². The summed E-state index contributed by atoms with van der Waals surface area (Å²) in [5.74, 6) is -0.379. The molecule has 0 bridgehead atoms. The van der Waals surface area contributed by atoms with Crippen LogP contribution in [-0.2, 0) is 19.7 Å². The van der Waals surface area contributed by atoms with Gasteiger partial charge in [-0.3, -0.25) is 0 Å². The van der Waals surface area contributed by atoms with Crippen LogP contribution in [0.15, 0.2) is 65.7 Å². The minimum atomic E-state index is -4.81. The summed E-state index contributed by atoms with van der Waals surface area (Å²) < 4.78 is 58.4. The number of aliphatic hydroxyl groups is 1. The molecule has 5 nitrogen and oxygen atoms in total. The van der Waals surface area contributed by atoms with Gasteiger partial charge in [-0.25, -0.2) is 9.38 Å². The van der Waals surface area contributed by atoms with Gasteiger partial charge in [0.15, 0.2) is 0 Å². The quantitative estimate of drug-likeness (QED) is 0.283. The lowest BCUT2D eigenvalue weighted by molar-refractivity contribution is -0.274. The van der Waals surface area contributed by atoms with Crippen LogP contribution in [0, 0.1) is 0 Å². The normalized spacial score (nSPS) is 12.5. The summed E-state index contributed by atoms with van der Waals surface area (Å²) in [6, 6.07) is 15.6. The third kappa shape index (κ3) is 5.80. The maximum Gasteiger partial charge on any atom is 0.573 e. The summed E-state index contributed by atoms with van der Waals surface area (Å²) in [7, 11) is 0. The number of nitrogens with zero attached hydrogens (tertiary/aromatic N) is 3. The van der Waals surface area contributed by atoms with Gasteiger partial charge in [0, 0.05) is 0 Å². The number of hydrogen-bond donors (Lipinski definition) is 1. The Hall–Kier alpha value is -3.01. The predicted molar refractivity (Wildman–Crippen MR) is 126 cm³/mol. The van der Waals surface area contributed by atoms with Crippen LogP contribution in [0.1, 0.15) is 11.1 Å². The molecule has 0 aliphatic heterocycles. The van der Waals surface area contributed by atoms with Gasteiger partial charge in [-0.05, 0) is 47.5 Å². The van der Waals surface area contributed by atoms with Gasteiger partial charge in [0.05, 0.1) is 46.5 Å². The second-order valence-corrected chi connectivity index (χ2v) is 8.42. The van der Waals surface area contributed by atoms with Crippen LogP contribution in [-0.4, -0.2) is 27.3 Å². The molecule has 1 N–H and O–H groups in total. The number of benzene rings is 3. The van der Waals surface area contributed by atoms with Crippen molar-refractivity contribution in [3.8, 4) is 5.75 Å². The lowest BCUT2D eigenvalue weighted by Crippen LogP contribution is -2.27. The van der Waals surface area contributed by atoms with E-state index < -0.39 is 13.0 Å². The van der Waals surface area contributed by atoms with E-state index in [0.717, 1.165) is 23.3 Å². The summed E-state index contributed by atoms with van der Waals surface area (Å²) in [5.41, 5.74) is 3.56. The second-order valence-electron chi connectivity index (χ2n) is 7.61. The van der Waals surface area contributed by atoms with Crippen molar-refractivity contribution in [2.75, 3.05) is 6.67 Å². The van der Waals surface area contributed by atoms with Crippen LogP contribution in [0.3, 0.4) is 0 Å². The summed E-state index contributed by atoms with van der Waals surface area (Å²) in [5, 5.41) is 9.91. The average Bonchev–Trinajstić information content (AvgIpc) is 3.07. The molecule has 184 valence electrons. The van der Waals surface area contributed by atoms with E-state index >= 15 is 0 Å². The molecule has 0 fully saturated rings. The van der Waals surface area contributed by atoms with Gasteiger partial charge in [-0.2, -0.15) is 0 Å². The molecule has 4 aromatic rings. The molecule has 0 radical (unpaired) electrons. The van der Waals surface area contributed by atoms with E-state index in [0.29, 0.717) is 33.9 Å². The Morgan fingerprint density at radius 3 is 1.97 bits per heavy atom. The van der Waals surface area contributed by atoms with Gasteiger partial charge >= 0.3 is 6.36 Å². The monoisotopic (exact) mass is 527 g/mol. The lowest BCUT2D eigenvalue weighted by atomic mass is 10.1. The van der Waals surface area contributed by atoms with Crippen molar-refractivity contribution in [1.82, 2.24) is 9.13 Å². The first-order valence-corrected chi connectivity index (χ1v) is 11.2. The molecule has 0 amide bonds. The summed E-state index contributed by atoms with van der Waals surface area (Å²) in [4.78, 5) is 4.62. The number of alkyl halides is 4. The highest BCUT2D eigenvalue weighted by molar-refractivity contribution is 6.42. The molecular weight excluding hydrogens is 509 g/mol. The third-order valence-corrected chi connectivity index (χ3v) is 5.96. The number of rotatable bonds is 7. The molecule has 3 aromatic carbocycles. The van der Waals surface area contributed by atoms with Crippen molar-refractivity contribution in [2.45, 2.75) is 26.1 Å². The number of fused-ring (bicyclic) bond motifs is 1. The topological polar surface area (TPSA) is 51.7 Å². The van der Waals surface area contributed by atoms with Crippen LogP contribution < -0.4 is 10.4 Å². The average molecular weight is 528 g/mol. The number of aryl methyl sites for hydroxylation is 1. The molecule has 1 aromatic heterocycles. The molecule has 1 heterocycles. The Kier molecular flexibility index (Phi) is 7.39. The Morgan fingerprint density at radius 2 is 1.43 bits per heavy atom. The van der Waals surface area contributed by atoms with Gasteiger partial charge in [0.2, 0.25) is 5.62 Å². The highest BCUT2D eigenvalue weighted by Crippen LogP contribution is 2.29. The van der Waals surface area contributed by atoms with Crippen molar-refractivity contribution >= 4 is 39.9 Å². The van der Waals surface area contributed by atoms with Crippen LogP contribution in [0.5, 0.6) is 5.75 Å². The second kappa shape index (κ2) is 10.3. The lowest BCUT2D eigenvalue weighted by Gasteiger charge is -2.09. The molecule has 11 heteroatoms. The van der Waals surface area contributed by atoms with Crippen molar-refractivity contribution < 1.29 is 27.4 Å². The Labute approximate surface area is 207 Å². The highest BCUT2D eigenvalue weighted by Gasteiger charge is 2.31. The number of imidazole rings is 1. The Balaban J connectivity index is 1.89. The molecule has 0 saturated carbocycles. The van der Waals surface area contributed by atoms with E-state index in [1.165, 1.54) is 12.1 Å². The molecule has 4 rings (SSSR count). The van der Waals surface area contributed by atoms with Gasteiger partial charge in [0.1, 0.15) is 12.4 Å². The Bertz CT molecular complexity index is 1400. The zero-order valence-electron chi connectivity index (χ0n) is 18.1. The van der Waals surface area contributed by atoms with E-state index in [2.05, 4.69) is 9.73 Å². The molecule has 0 aliphatic rings. The van der Waals surface area contributed by atoms with Gasteiger partial charge < -0.3 is 19.0 Å². The Morgan fingerprint density at radius 1 is 0.857 bits per heavy atom. The molecule has 0 spiro atoms. The van der Waals surface area contributed by atoms with Gasteiger partial charge in [0.25, 0.3) is 0 Å². The van der Waals surface area contributed by atoms with Crippen molar-refractivity contribution in [3.05, 3.63) is 87.5 Å². The minimum Gasteiger partial charge on any atom is -0.406 e. The summed E-state index contributed by atoms with van der Waals surface area (Å²) >= 11 is 12.5. The SMILES string of the molecule is OCc1ccc(Cn2c(=Nc3ccc(OC(F)(F)F)cc3)n(CCF)c3cc(Cl)c(Cl)cc32)cc1. The van der Waals surface area contributed by atoms with E-state index in [-0.39, 0.29) is 23.9 Å². The summed E-state index contributed by atoms with van der Waals surface area (Å²) in [6.07, 6.45) is -4.81. The first-order valence-electron chi connectivity index (χ1n) is 10.4. The molecule has 0 atom stereocenters. The van der Waals surface area contributed by atoms with Crippen LogP contribution in [0.2, 0.25) is 10.0 Å². The fraction of sp³-hybridized carbons (Fsp3) is 0.208. The standard InChI is InChI=1S/C24H19Cl2F4N3O2/c25-19-11-21-22(12-20(19)26)33(13-15-1-3-16(14-34)4-2-15)23(32(21)10-9-27)31-17-5-7-18(8-6-17)35-24(28,29)30/h1-8,11-12,34H,9-10,13-14H2. The van der Waals surface area contributed by atoms with Crippen LogP contribution in [0.4, 0.5) is 23.2 Å². The van der Waals surface area contributed by atoms with Crippen molar-refractivity contribution in [2.24, 2.45) is 4.99 Å². The zero-order chi connectivity index (χ0) is 25.2. The van der Waals surface area contributed by atoms with E-state index in [1.54, 1.807) is 28.8 Å². The number of halogens is 6. The molecular formula is C24H19Cl2F4N3O2. The molecule has 0 aliphatic carbocycles. The maximum atomic E-state index is 13.6. The molecule has 0 saturated heterocycles. The molecule has 35 heavy (non-hydrogen) atoms. The fourth-order valence-electron chi connectivity index (χ4n) is 3.67. The number of hydrogen-bond acceptors (Lipinski definition) is 3. The van der Waals surface area contributed by atoms with Crippen molar-refractivity contribution in [1.29, 1.82) is 0 Å². The number of aliphatic hydroxyl groups excluding tert-OH is 1. The van der Waals surface area contributed by atoms with Crippen molar-refractivity contribution in [3.63, 3.8) is 0 Å². The highest BCUT2D eigenvalue weighted by atomic mass is 35.5. The van der Waals surface area contributed by atoms with E-state index in [1.807, 2.05) is 16.7 Å². The van der Waals surface area contributed by atoms with E-state index in [9.17, 15) is 22.7 Å². The fourth-order valence-corrected chi connectivity index (χ4v) is 3.99. The first-order chi connectivity index (χ1) is 16.7. The molecule has 0 unspecified atom stereocenters. The predicted octanol–water partition coefficient (Wildman–Crippen LogP) is 6.39. The maximum absolute atomic E-state index is 13.6. The minimum absolute atomic E-state index is 0.0288. The summed E-state index contributed by atoms with van der Waals surface area (Å²) in [6.45, 7) is -0.478. The third-order valence-electron chi connectivity index (χ3n) is 5.24. The first kappa shape index (κ1) is 25.1. The number of ether oxygens (including phenoxy) is 1. The van der Waals surface area contributed by atoms with Crippen LogP contribution >= 0.6 is 23.2 Å². The zero-order valence-corrected chi connectivity index (χ0v) is 19.6. The van der Waals surface area contributed by atoms with Crippen LogP contribution in [0.25, 0.3) is 11.0 Å². The van der Waals surface area contributed by atoms with Gasteiger partial charge in [-0.1, -0.05) is 47.5 Å². The number of aromatic nitrogens is 2.